The molecule has 0 bridgehead atoms. The number of nitrogens with one attached hydrogen (secondary N) is 2. The summed E-state index contributed by atoms with van der Waals surface area (Å²) in [5.74, 6) is -1.30. The van der Waals surface area contributed by atoms with Crippen LogP contribution < -0.4 is 15.8 Å². The zero-order valence-electron chi connectivity index (χ0n) is 6.83. The predicted octanol–water partition coefficient (Wildman–Crippen LogP) is -2.13. The first-order chi connectivity index (χ1) is 5.73. The second-order valence-corrected chi connectivity index (χ2v) is 4.66. The topological polar surface area (TPSA) is 118 Å². The minimum atomic E-state index is -3.80. The summed E-state index contributed by atoms with van der Waals surface area (Å²) in [7, 11) is -3.80. The lowest BCUT2D eigenvalue weighted by Crippen LogP contribution is -2.50. The fourth-order valence-corrected chi connectivity index (χ4v) is 2.09. The van der Waals surface area contributed by atoms with Gasteiger partial charge in [-0.3, -0.25) is 10.1 Å². The van der Waals surface area contributed by atoms with Gasteiger partial charge in [-0.1, -0.05) is 0 Å². The molecule has 4 N–H and O–H groups in total. The van der Waals surface area contributed by atoms with E-state index in [0.29, 0.717) is 0 Å². The molecule has 1 saturated heterocycles. The van der Waals surface area contributed by atoms with Crippen molar-refractivity contribution in [2.45, 2.75) is 12.5 Å². The number of hydrogen-bond acceptors (Lipinski definition) is 4. The molecular weight excluding hydrogens is 198 g/mol. The number of amides is 3. The minimum absolute atomic E-state index is 0.614. The number of primary sulfonamides is 1. The Balaban J connectivity index is 2.90. The highest BCUT2D eigenvalue weighted by atomic mass is 32.2. The molecule has 0 aromatic rings. The number of carbonyl (C=O) groups is 2. The van der Waals surface area contributed by atoms with Crippen LogP contribution in [-0.2, 0) is 14.8 Å². The normalized spacial score (nSPS) is 28.5. The fourth-order valence-electron chi connectivity index (χ4n) is 1.08. The van der Waals surface area contributed by atoms with Gasteiger partial charge in [0.2, 0.25) is 10.0 Å². The van der Waals surface area contributed by atoms with Gasteiger partial charge in [0, 0.05) is 0 Å². The molecule has 1 aliphatic rings. The zero-order valence-corrected chi connectivity index (χ0v) is 7.64. The third-order valence-electron chi connectivity index (χ3n) is 1.61. The van der Waals surface area contributed by atoms with Gasteiger partial charge >= 0.3 is 6.03 Å². The maximum absolute atomic E-state index is 11.1. The molecule has 13 heavy (non-hydrogen) atoms. The number of rotatable bonds is 2. The molecule has 1 atom stereocenters. The third-order valence-corrected chi connectivity index (χ3v) is 2.59. The molecule has 0 aromatic carbocycles. The van der Waals surface area contributed by atoms with Crippen LogP contribution in [0.2, 0.25) is 0 Å². The van der Waals surface area contributed by atoms with Gasteiger partial charge in [-0.2, -0.15) is 0 Å². The molecule has 74 valence electrons. The molecule has 1 rings (SSSR count). The maximum atomic E-state index is 11.1. The van der Waals surface area contributed by atoms with Crippen LogP contribution >= 0.6 is 0 Å². The van der Waals surface area contributed by atoms with Gasteiger partial charge in [0.05, 0.1) is 5.75 Å². The molecule has 0 spiro atoms. The van der Waals surface area contributed by atoms with Gasteiger partial charge in [0.1, 0.15) is 5.54 Å². The van der Waals surface area contributed by atoms with Crippen molar-refractivity contribution < 1.29 is 18.0 Å². The van der Waals surface area contributed by atoms with Crippen LogP contribution in [0.25, 0.3) is 0 Å². The fraction of sp³-hybridized carbons (Fsp3) is 0.600. The average Bonchev–Trinajstić information content (AvgIpc) is 2.00. The highest BCUT2D eigenvalue weighted by Crippen LogP contribution is 2.10. The van der Waals surface area contributed by atoms with Crippen LogP contribution in [0.15, 0.2) is 0 Å². The van der Waals surface area contributed by atoms with Crippen molar-refractivity contribution in [3.63, 3.8) is 0 Å². The summed E-state index contributed by atoms with van der Waals surface area (Å²) in [6.45, 7) is 1.29. The predicted molar refractivity (Wildman–Crippen MR) is 43.1 cm³/mol. The molecule has 1 aliphatic heterocycles. The van der Waals surface area contributed by atoms with Gasteiger partial charge in [-0.15, -0.1) is 0 Å². The van der Waals surface area contributed by atoms with E-state index in [9.17, 15) is 18.0 Å². The van der Waals surface area contributed by atoms with Crippen molar-refractivity contribution in [1.82, 2.24) is 10.6 Å². The molecule has 0 aromatic heterocycles. The molecule has 0 saturated carbocycles. The van der Waals surface area contributed by atoms with E-state index in [1.165, 1.54) is 6.92 Å². The quantitative estimate of drug-likeness (QED) is 0.448. The lowest BCUT2D eigenvalue weighted by molar-refractivity contribution is -0.122. The van der Waals surface area contributed by atoms with Crippen molar-refractivity contribution in [1.29, 1.82) is 0 Å². The molecule has 3 amide bonds. The van der Waals surface area contributed by atoms with E-state index in [-0.39, 0.29) is 0 Å². The van der Waals surface area contributed by atoms with Crippen LogP contribution in [-0.4, -0.2) is 31.6 Å². The zero-order chi connectivity index (χ0) is 10.3. The summed E-state index contributed by atoms with van der Waals surface area (Å²) < 4.78 is 21.4. The van der Waals surface area contributed by atoms with Crippen LogP contribution in [0.5, 0.6) is 0 Å². The minimum Gasteiger partial charge on any atom is -0.322 e. The summed E-state index contributed by atoms with van der Waals surface area (Å²) in [6.07, 6.45) is 0. The number of nitrogens with two attached hydrogens (primary N) is 1. The number of urea groups is 1. The molecule has 0 aliphatic carbocycles. The van der Waals surface area contributed by atoms with E-state index < -0.39 is 33.3 Å². The maximum Gasteiger partial charge on any atom is 0.322 e. The largest absolute Gasteiger partial charge is 0.322 e. The highest BCUT2D eigenvalue weighted by molar-refractivity contribution is 7.89. The second kappa shape index (κ2) is 2.67. The van der Waals surface area contributed by atoms with E-state index in [4.69, 9.17) is 5.14 Å². The van der Waals surface area contributed by atoms with Gasteiger partial charge in [-0.25, -0.2) is 18.4 Å². The first kappa shape index (κ1) is 9.93. The van der Waals surface area contributed by atoms with E-state index in [2.05, 4.69) is 5.32 Å². The molecule has 7 nitrogen and oxygen atoms in total. The van der Waals surface area contributed by atoms with Gasteiger partial charge in [-0.05, 0) is 6.92 Å². The summed E-state index contributed by atoms with van der Waals surface area (Å²) in [5.41, 5.74) is -1.45. The second-order valence-electron chi connectivity index (χ2n) is 3.05. The monoisotopic (exact) mass is 207 g/mol. The number of hydrogen-bond donors (Lipinski definition) is 3. The Morgan fingerprint density at radius 3 is 2.31 bits per heavy atom. The molecule has 8 heteroatoms. The van der Waals surface area contributed by atoms with Gasteiger partial charge in [0.15, 0.2) is 0 Å². The average molecular weight is 207 g/mol. The van der Waals surface area contributed by atoms with Crippen molar-refractivity contribution in [2.24, 2.45) is 5.14 Å². The van der Waals surface area contributed by atoms with Crippen LogP contribution in [0.3, 0.4) is 0 Å². The Labute approximate surface area is 74.7 Å². The van der Waals surface area contributed by atoms with Crippen LogP contribution in [0.1, 0.15) is 6.92 Å². The smallest absolute Gasteiger partial charge is 0.322 e. The molecular formula is C5H9N3O4S. The lowest BCUT2D eigenvalue weighted by atomic mass is 10.1. The lowest BCUT2D eigenvalue weighted by Gasteiger charge is -2.18. The Morgan fingerprint density at radius 2 is 2.00 bits per heavy atom. The van der Waals surface area contributed by atoms with Crippen molar-refractivity contribution >= 4 is 22.0 Å². The van der Waals surface area contributed by atoms with Gasteiger partial charge < -0.3 is 5.32 Å². The third kappa shape index (κ3) is 2.16. The van der Waals surface area contributed by atoms with Gasteiger partial charge in [0.25, 0.3) is 5.91 Å². The summed E-state index contributed by atoms with van der Waals surface area (Å²) in [4.78, 5) is 21.7. The van der Waals surface area contributed by atoms with E-state index in [1.807, 2.05) is 5.32 Å². The SMILES string of the molecule is CC1(CS(N)(=O)=O)NC(=O)NC1=O. The Morgan fingerprint density at radius 1 is 1.46 bits per heavy atom. The number of carbonyl (C=O) groups excluding carboxylic acids is 2. The summed E-state index contributed by atoms with van der Waals surface area (Å²) in [6, 6.07) is -0.712. The summed E-state index contributed by atoms with van der Waals surface area (Å²) in [5, 5.41) is 8.85. The van der Waals surface area contributed by atoms with E-state index in [1.54, 1.807) is 0 Å². The Kier molecular flexibility index (Phi) is 2.04. The van der Waals surface area contributed by atoms with Crippen LogP contribution in [0, 0.1) is 0 Å². The first-order valence-corrected chi connectivity index (χ1v) is 5.08. The highest BCUT2D eigenvalue weighted by Gasteiger charge is 2.44. The van der Waals surface area contributed by atoms with Crippen molar-refractivity contribution in [3.05, 3.63) is 0 Å². The molecule has 0 radical (unpaired) electrons. The Hall–Kier alpha value is -1.15. The van der Waals surface area contributed by atoms with Crippen molar-refractivity contribution in [2.75, 3.05) is 5.75 Å². The van der Waals surface area contributed by atoms with Crippen LogP contribution in [0.4, 0.5) is 4.79 Å². The van der Waals surface area contributed by atoms with Crippen molar-refractivity contribution in [3.8, 4) is 0 Å². The Bertz CT molecular complexity index is 362. The molecule has 1 fully saturated rings. The van der Waals surface area contributed by atoms with E-state index >= 15 is 0 Å². The summed E-state index contributed by atoms with van der Waals surface area (Å²) >= 11 is 0. The number of imide groups is 1. The standard InChI is InChI=1S/C5H9N3O4S/c1-5(2-13(6,11)12)3(9)7-4(10)8-5/h2H2,1H3,(H2,6,11,12)(H2,7,8,9,10). The molecule has 1 heterocycles. The first-order valence-electron chi connectivity index (χ1n) is 3.37. The number of sulfonamides is 1. The molecule has 1 unspecified atom stereocenters. The van der Waals surface area contributed by atoms with E-state index in [0.717, 1.165) is 0 Å².